The zero-order valence-corrected chi connectivity index (χ0v) is 23.0. The van der Waals surface area contributed by atoms with E-state index in [1.54, 1.807) is 6.20 Å². The van der Waals surface area contributed by atoms with Crippen LogP contribution in [-0.4, -0.2) is 78.4 Å². The fourth-order valence-corrected chi connectivity index (χ4v) is 5.67. The molecule has 210 valence electrons. The molecule has 0 bridgehead atoms. The van der Waals surface area contributed by atoms with Gasteiger partial charge in [-0.3, -0.25) is 4.98 Å². The Balaban J connectivity index is 1.16. The zero-order chi connectivity index (χ0) is 26.9. The maximum Gasteiger partial charge on any atom is 0.190 e. The number of fused-ring (bicyclic) bond motifs is 2. The van der Waals surface area contributed by atoms with E-state index < -0.39 is 6.10 Å². The van der Waals surface area contributed by atoms with Crippen LogP contribution in [-0.2, 0) is 25.4 Å². The van der Waals surface area contributed by atoms with Crippen molar-refractivity contribution in [3.05, 3.63) is 40.2 Å². The number of aryl methyl sites for hydroxylation is 2. The Labute approximate surface area is 233 Å². The fourth-order valence-electron chi connectivity index (χ4n) is 5.41. The number of nitrogens with zero attached hydrogens (tertiary/aromatic N) is 3. The molecule has 4 aliphatic rings. The van der Waals surface area contributed by atoms with E-state index in [4.69, 9.17) is 50.2 Å². The Kier molecular flexibility index (Phi) is 7.91. The molecule has 0 spiro atoms. The van der Waals surface area contributed by atoms with E-state index in [9.17, 15) is 5.11 Å². The molecule has 0 saturated carbocycles. The van der Waals surface area contributed by atoms with Gasteiger partial charge in [-0.15, -0.1) is 0 Å². The SMILES string of the molecule is CCCC(=Nc1nc(NC2CCc3cc(OCC4COC4)cnc32)c(Cl)cc1C)O[C@@H]1CO[C@H]2[C@@H]1OC[C@H]2O. The number of ether oxygens (including phenoxy) is 5. The summed E-state index contributed by atoms with van der Waals surface area (Å²) < 4.78 is 28.8. The van der Waals surface area contributed by atoms with E-state index in [2.05, 4.69) is 18.3 Å². The summed E-state index contributed by atoms with van der Waals surface area (Å²) in [6.45, 7) is 6.79. The van der Waals surface area contributed by atoms with E-state index in [1.165, 1.54) is 5.56 Å². The van der Waals surface area contributed by atoms with Gasteiger partial charge in [0.2, 0.25) is 0 Å². The lowest BCUT2D eigenvalue weighted by atomic mass is 10.1. The Morgan fingerprint density at radius 3 is 2.85 bits per heavy atom. The maximum absolute atomic E-state index is 10.0. The summed E-state index contributed by atoms with van der Waals surface area (Å²) in [5.74, 6) is 2.94. The van der Waals surface area contributed by atoms with Gasteiger partial charge in [-0.05, 0) is 49.4 Å². The number of aliphatic hydroxyl groups excluding tert-OH is 1. The first-order valence-electron chi connectivity index (χ1n) is 13.8. The molecule has 2 N–H and O–H groups in total. The number of anilines is 1. The Hall–Kier alpha value is -2.50. The van der Waals surface area contributed by atoms with Crippen LogP contribution in [0.3, 0.4) is 0 Å². The molecule has 0 radical (unpaired) electrons. The summed E-state index contributed by atoms with van der Waals surface area (Å²) in [6.07, 6.45) is 3.46. The topological polar surface area (TPSA) is 117 Å². The minimum atomic E-state index is -0.624. The van der Waals surface area contributed by atoms with Crippen LogP contribution < -0.4 is 10.1 Å². The van der Waals surface area contributed by atoms with Crippen LogP contribution in [0.5, 0.6) is 5.75 Å². The Morgan fingerprint density at radius 2 is 2.05 bits per heavy atom. The summed E-state index contributed by atoms with van der Waals surface area (Å²) >= 11 is 6.62. The van der Waals surface area contributed by atoms with E-state index in [-0.39, 0.29) is 31.0 Å². The van der Waals surface area contributed by atoms with E-state index in [0.717, 1.165) is 49.5 Å². The molecule has 1 aliphatic carbocycles. The highest BCUT2D eigenvalue weighted by atomic mass is 35.5. The van der Waals surface area contributed by atoms with Gasteiger partial charge < -0.3 is 34.1 Å². The lowest BCUT2D eigenvalue weighted by Crippen LogP contribution is -2.34. The van der Waals surface area contributed by atoms with E-state index >= 15 is 0 Å². The van der Waals surface area contributed by atoms with Crippen LogP contribution >= 0.6 is 11.6 Å². The lowest BCUT2D eigenvalue weighted by molar-refractivity contribution is -0.0509. The third-order valence-corrected chi connectivity index (χ3v) is 7.90. The van der Waals surface area contributed by atoms with E-state index in [1.807, 2.05) is 13.0 Å². The van der Waals surface area contributed by atoms with Gasteiger partial charge in [-0.1, -0.05) is 18.5 Å². The summed E-state index contributed by atoms with van der Waals surface area (Å²) in [5.41, 5.74) is 3.01. The average molecular weight is 559 g/mol. The molecule has 1 unspecified atom stereocenters. The number of pyridine rings is 2. The van der Waals surface area contributed by atoms with Crippen molar-refractivity contribution >= 4 is 29.1 Å². The first-order valence-corrected chi connectivity index (χ1v) is 14.1. The summed E-state index contributed by atoms with van der Waals surface area (Å²) in [7, 11) is 0. The molecule has 2 aromatic rings. The van der Waals surface area contributed by atoms with Crippen molar-refractivity contribution in [2.24, 2.45) is 10.9 Å². The van der Waals surface area contributed by atoms with Crippen molar-refractivity contribution < 1.29 is 28.8 Å². The van der Waals surface area contributed by atoms with Crippen molar-refractivity contribution in [3.8, 4) is 5.75 Å². The summed E-state index contributed by atoms with van der Waals surface area (Å²) in [6, 6.07) is 3.94. The highest BCUT2D eigenvalue weighted by Crippen LogP contribution is 2.37. The van der Waals surface area contributed by atoms with Gasteiger partial charge in [-0.25, -0.2) is 4.98 Å². The quantitative estimate of drug-likeness (QED) is 0.348. The highest BCUT2D eigenvalue weighted by molar-refractivity contribution is 6.33. The van der Waals surface area contributed by atoms with Crippen molar-refractivity contribution in [2.45, 2.75) is 70.0 Å². The molecule has 5 heterocycles. The molecule has 11 heteroatoms. The van der Waals surface area contributed by atoms with Crippen LogP contribution in [0.15, 0.2) is 23.3 Å². The van der Waals surface area contributed by atoms with Crippen LogP contribution in [0, 0.1) is 12.8 Å². The highest BCUT2D eigenvalue weighted by Gasteiger charge is 2.48. The van der Waals surface area contributed by atoms with Gasteiger partial charge in [0.15, 0.2) is 17.8 Å². The predicted octanol–water partition coefficient (Wildman–Crippen LogP) is 3.94. The summed E-state index contributed by atoms with van der Waals surface area (Å²) in [4.78, 5) is 14.3. The van der Waals surface area contributed by atoms with Gasteiger partial charge >= 0.3 is 0 Å². The fraction of sp³-hybridized carbons (Fsp3) is 0.607. The van der Waals surface area contributed by atoms with Gasteiger partial charge in [0.25, 0.3) is 0 Å². The minimum Gasteiger partial charge on any atom is -0.491 e. The molecule has 39 heavy (non-hydrogen) atoms. The zero-order valence-electron chi connectivity index (χ0n) is 22.3. The molecule has 3 saturated heterocycles. The smallest absolute Gasteiger partial charge is 0.190 e. The van der Waals surface area contributed by atoms with Crippen molar-refractivity contribution in [1.29, 1.82) is 0 Å². The number of rotatable bonds is 9. The third-order valence-electron chi connectivity index (χ3n) is 7.62. The molecule has 3 aliphatic heterocycles. The van der Waals surface area contributed by atoms with Gasteiger partial charge in [0.1, 0.15) is 29.9 Å². The molecule has 6 rings (SSSR count). The molecule has 0 amide bonds. The molecule has 2 aromatic heterocycles. The first-order chi connectivity index (χ1) is 19.0. The monoisotopic (exact) mass is 558 g/mol. The molecular formula is C28H35ClN4O6. The number of nitrogens with one attached hydrogen (secondary N) is 1. The van der Waals surface area contributed by atoms with Crippen LogP contribution in [0.4, 0.5) is 11.6 Å². The number of hydrogen-bond acceptors (Lipinski definition) is 10. The molecule has 5 atom stereocenters. The number of halogens is 1. The lowest BCUT2D eigenvalue weighted by Gasteiger charge is -2.25. The van der Waals surface area contributed by atoms with Crippen LogP contribution in [0.2, 0.25) is 5.02 Å². The second kappa shape index (κ2) is 11.5. The number of aliphatic imine (C=N–C) groups is 1. The number of hydrogen-bond donors (Lipinski definition) is 2. The number of aromatic nitrogens is 2. The van der Waals surface area contributed by atoms with E-state index in [0.29, 0.717) is 48.1 Å². The number of aliphatic hydroxyl groups is 1. The summed E-state index contributed by atoms with van der Waals surface area (Å²) in [5, 5.41) is 14.1. The van der Waals surface area contributed by atoms with Crippen molar-refractivity contribution in [2.75, 3.05) is 38.4 Å². The van der Waals surface area contributed by atoms with Gasteiger partial charge in [0, 0.05) is 12.3 Å². The largest absolute Gasteiger partial charge is 0.491 e. The van der Waals surface area contributed by atoms with Gasteiger partial charge in [0.05, 0.1) is 56.0 Å². The Morgan fingerprint density at radius 1 is 1.21 bits per heavy atom. The average Bonchev–Trinajstić information content (AvgIpc) is 3.58. The van der Waals surface area contributed by atoms with Crippen molar-refractivity contribution in [3.63, 3.8) is 0 Å². The third kappa shape index (κ3) is 5.71. The van der Waals surface area contributed by atoms with Crippen molar-refractivity contribution in [1.82, 2.24) is 9.97 Å². The normalized spacial score (nSPS) is 28.2. The van der Waals surface area contributed by atoms with Crippen LogP contribution in [0.1, 0.15) is 49.0 Å². The standard InChI is InChI=1S/C28H35ClN4O6/c1-3-4-23(39-22-14-38-25-21(34)13-37-26(22)25)32-27-15(2)7-19(29)28(33-27)31-20-6-5-17-8-18(9-30-24(17)20)36-12-16-10-35-11-16/h7-9,16,20-22,25-26,34H,3-6,10-14H2,1-2H3,(H,31,33)/t20?,21-,22-,25-,26-/m1/s1. The molecule has 0 aromatic carbocycles. The minimum absolute atomic E-state index is 0.0107. The second-order valence-corrected chi connectivity index (χ2v) is 11.1. The van der Waals surface area contributed by atoms with Gasteiger partial charge in [-0.2, -0.15) is 4.99 Å². The maximum atomic E-state index is 10.0. The molecular weight excluding hydrogens is 524 g/mol. The second-order valence-electron chi connectivity index (χ2n) is 10.7. The van der Waals surface area contributed by atoms with Crippen LogP contribution in [0.25, 0.3) is 0 Å². The predicted molar refractivity (Wildman–Crippen MR) is 145 cm³/mol. The molecule has 3 fully saturated rings. The molecule has 10 nitrogen and oxygen atoms in total. The Bertz CT molecular complexity index is 1220. The first kappa shape index (κ1) is 26.7.